The maximum atomic E-state index is 12.5. The summed E-state index contributed by atoms with van der Waals surface area (Å²) in [5, 5.41) is 20.9. The molecular weight excluding hydrogens is 468 g/mol. The molecule has 0 aliphatic rings. The van der Waals surface area contributed by atoms with Gasteiger partial charge in [0.15, 0.2) is 5.69 Å². The van der Waals surface area contributed by atoms with Crippen LogP contribution in [0.15, 0.2) is 76.4 Å². The molecule has 6 nitrogen and oxygen atoms in total. The van der Waals surface area contributed by atoms with E-state index >= 15 is 0 Å². The smallest absolute Gasteiger partial charge is 0.293 e. The van der Waals surface area contributed by atoms with Crippen LogP contribution >= 0.6 is 27.5 Å². The first-order valence-electron chi connectivity index (χ1n) is 9.03. The zero-order valence-electron chi connectivity index (χ0n) is 15.6. The number of rotatable bonds is 5. The van der Waals surface area contributed by atoms with Gasteiger partial charge in [-0.15, -0.1) is 0 Å². The molecule has 3 aromatic carbocycles. The molecule has 30 heavy (non-hydrogen) atoms. The van der Waals surface area contributed by atoms with Gasteiger partial charge in [-0.1, -0.05) is 54.1 Å². The van der Waals surface area contributed by atoms with Gasteiger partial charge in [0.2, 0.25) is 0 Å². The predicted molar refractivity (Wildman–Crippen MR) is 121 cm³/mol. The van der Waals surface area contributed by atoms with Crippen LogP contribution in [0.3, 0.4) is 0 Å². The number of amides is 1. The lowest BCUT2D eigenvalue weighted by Gasteiger charge is -2.04. The van der Waals surface area contributed by atoms with Gasteiger partial charge < -0.3 is 5.11 Å². The maximum Gasteiger partial charge on any atom is 0.293 e. The molecule has 4 aromatic rings. The summed E-state index contributed by atoms with van der Waals surface area (Å²) in [7, 11) is 0. The highest BCUT2D eigenvalue weighted by atomic mass is 79.9. The van der Waals surface area contributed by atoms with Gasteiger partial charge in [0.25, 0.3) is 5.91 Å². The maximum absolute atomic E-state index is 12.5. The Kier molecular flexibility index (Phi) is 5.83. The Balaban J connectivity index is 1.49. The third-order valence-electron chi connectivity index (χ3n) is 4.50. The van der Waals surface area contributed by atoms with Crippen LogP contribution in [0.1, 0.15) is 21.6 Å². The van der Waals surface area contributed by atoms with Crippen LogP contribution in [0.25, 0.3) is 10.8 Å². The van der Waals surface area contributed by atoms with E-state index in [-0.39, 0.29) is 11.4 Å². The minimum atomic E-state index is -0.465. The average Bonchev–Trinajstić information content (AvgIpc) is 3.11. The van der Waals surface area contributed by atoms with Crippen molar-refractivity contribution in [3.63, 3.8) is 0 Å². The second-order valence-electron chi connectivity index (χ2n) is 6.57. The van der Waals surface area contributed by atoms with Crippen LogP contribution in [-0.4, -0.2) is 27.0 Å². The SMILES string of the molecule is O=C(N/N=C/c1c(O)ccc2ccccc12)c1nn(Cc2ccc(Cl)cc2)cc1Br. The van der Waals surface area contributed by atoms with Crippen LogP contribution in [0, 0.1) is 0 Å². The highest BCUT2D eigenvalue weighted by Crippen LogP contribution is 2.25. The fourth-order valence-corrected chi connectivity index (χ4v) is 3.66. The van der Waals surface area contributed by atoms with Crippen LogP contribution in [-0.2, 0) is 6.54 Å². The number of hydrogen-bond donors (Lipinski definition) is 2. The van der Waals surface area contributed by atoms with Gasteiger partial charge in [-0.25, -0.2) is 5.43 Å². The molecule has 2 N–H and O–H groups in total. The van der Waals surface area contributed by atoms with Crippen molar-refractivity contribution in [1.82, 2.24) is 15.2 Å². The number of aromatic hydroxyl groups is 1. The standard InChI is InChI=1S/C22H16BrClN4O2/c23-19-13-28(12-14-5-8-16(24)9-6-14)27-21(19)22(30)26-25-11-18-17-4-2-1-3-15(17)7-10-20(18)29/h1-11,13,29H,12H2,(H,26,30)/b25-11+. The molecule has 0 atom stereocenters. The summed E-state index contributed by atoms with van der Waals surface area (Å²) in [6, 6.07) is 18.5. The largest absolute Gasteiger partial charge is 0.507 e. The molecular formula is C22H16BrClN4O2. The summed E-state index contributed by atoms with van der Waals surface area (Å²) in [5.41, 5.74) is 4.21. The van der Waals surface area contributed by atoms with E-state index in [1.54, 1.807) is 29.1 Å². The van der Waals surface area contributed by atoms with Crippen molar-refractivity contribution < 1.29 is 9.90 Å². The number of nitrogens with zero attached hydrogens (tertiary/aromatic N) is 3. The topological polar surface area (TPSA) is 79.5 Å². The number of carbonyl (C=O) groups is 1. The van der Waals surface area contributed by atoms with Gasteiger partial charge in [0.1, 0.15) is 5.75 Å². The average molecular weight is 484 g/mol. The Bertz CT molecular complexity index is 1250. The molecule has 1 heterocycles. The number of phenolic OH excluding ortho intramolecular Hbond substituents is 1. The summed E-state index contributed by atoms with van der Waals surface area (Å²) >= 11 is 9.27. The second-order valence-corrected chi connectivity index (χ2v) is 7.86. The first-order chi connectivity index (χ1) is 14.5. The van der Waals surface area contributed by atoms with Crippen molar-refractivity contribution in [2.75, 3.05) is 0 Å². The highest BCUT2D eigenvalue weighted by Gasteiger charge is 2.15. The number of aromatic nitrogens is 2. The molecule has 0 unspecified atom stereocenters. The fraction of sp³-hybridized carbons (Fsp3) is 0.0455. The van der Waals surface area contributed by atoms with E-state index in [0.29, 0.717) is 21.6 Å². The third-order valence-corrected chi connectivity index (χ3v) is 5.33. The molecule has 8 heteroatoms. The predicted octanol–water partition coefficient (Wildman–Crippen LogP) is 4.97. The molecule has 0 aliphatic heterocycles. The number of hydrogen-bond acceptors (Lipinski definition) is 4. The Labute approximate surface area is 185 Å². The van der Waals surface area contributed by atoms with Gasteiger partial charge in [0, 0.05) is 16.8 Å². The molecule has 0 fully saturated rings. The monoisotopic (exact) mass is 482 g/mol. The minimum absolute atomic E-state index is 0.0834. The molecule has 0 aliphatic carbocycles. The third kappa shape index (κ3) is 4.37. The minimum Gasteiger partial charge on any atom is -0.507 e. The van der Waals surface area contributed by atoms with Gasteiger partial charge in [-0.2, -0.15) is 10.2 Å². The van der Waals surface area contributed by atoms with Gasteiger partial charge in [-0.05, 0) is 50.5 Å². The summed E-state index contributed by atoms with van der Waals surface area (Å²) in [4.78, 5) is 12.5. The lowest BCUT2D eigenvalue weighted by molar-refractivity contribution is 0.0948. The molecule has 0 saturated heterocycles. The Morgan fingerprint density at radius 3 is 2.73 bits per heavy atom. The van der Waals surface area contributed by atoms with Crippen LogP contribution in [0.2, 0.25) is 5.02 Å². The van der Waals surface area contributed by atoms with E-state index in [1.165, 1.54) is 6.21 Å². The second kappa shape index (κ2) is 8.69. The van der Waals surface area contributed by atoms with Crippen molar-refractivity contribution in [2.24, 2.45) is 5.10 Å². The quantitative estimate of drug-likeness (QED) is 0.311. The van der Waals surface area contributed by atoms with Gasteiger partial charge in [0.05, 0.1) is 17.2 Å². The van der Waals surface area contributed by atoms with Crippen molar-refractivity contribution >= 4 is 50.4 Å². The van der Waals surface area contributed by atoms with Crippen molar-refractivity contribution in [3.05, 3.63) is 93.2 Å². The number of phenols is 1. The Hall–Kier alpha value is -3.16. The number of carbonyl (C=O) groups excluding carboxylic acids is 1. The first kappa shape index (κ1) is 20.1. The first-order valence-corrected chi connectivity index (χ1v) is 10.2. The van der Waals surface area contributed by atoms with Crippen molar-refractivity contribution in [2.45, 2.75) is 6.54 Å². The van der Waals surface area contributed by atoms with Crippen molar-refractivity contribution in [3.8, 4) is 5.75 Å². The number of fused-ring (bicyclic) bond motifs is 1. The molecule has 4 rings (SSSR count). The lowest BCUT2D eigenvalue weighted by atomic mass is 10.0. The summed E-state index contributed by atoms with van der Waals surface area (Å²) < 4.78 is 2.21. The normalized spacial score (nSPS) is 11.3. The zero-order chi connectivity index (χ0) is 21.1. The van der Waals surface area contributed by atoms with Crippen LogP contribution < -0.4 is 5.43 Å². The summed E-state index contributed by atoms with van der Waals surface area (Å²) in [6.45, 7) is 0.496. The van der Waals surface area contributed by atoms with Crippen molar-refractivity contribution in [1.29, 1.82) is 0 Å². The molecule has 0 saturated carbocycles. The van der Waals surface area contributed by atoms with E-state index < -0.39 is 5.91 Å². The van der Waals surface area contributed by atoms with Crippen LogP contribution in [0.5, 0.6) is 5.75 Å². The van der Waals surface area contributed by atoms with Crippen LogP contribution in [0.4, 0.5) is 0 Å². The zero-order valence-corrected chi connectivity index (χ0v) is 17.9. The fourth-order valence-electron chi connectivity index (χ4n) is 3.04. The Morgan fingerprint density at radius 1 is 1.17 bits per heavy atom. The van der Waals surface area contributed by atoms with E-state index in [2.05, 4.69) is 31.6 Å². The highest BCUT2D eigenvalue weighted by molar-refractivity contribution is 9.10. The molecule has 0 bridgehead atoms. The molecule has 0 radical (unpaired) electrons. The summed E-state index contributed by atoms with van der Waals surface area (Å²) in [5.74, 6) is -0.382. The number of halogens is 2. The van der Waals surface area contributed by atoms with Gasteiger partial charge in [-0.3, -0.25) is 9.48 Å². The Morgan fingerprint density at radius 2 is 1.93 bits per heavy atom. The van der Waals surface area contributed by atoms with E-state index in [0.717, 1.165) is 16.3 Å². The molecule has 150 valence electrons. The summed E-state index contributed by atoms with van der Waals surface area (Å²) in [6.07, 6.45) is 3.15. The van der Waals surface area contributed by atoms with E-state index in [9.17, 15) is 9.90 Å². The van der Waals surface area contributed by atoms with E-state index in [1.807, 2.05) is 42.5 Å². The molecule has 1 amide bonds. The number of hydrazone groups is 1. The van der Waals surface area contributed by atoms with Gasteiger partial charge >= 0.3 is 0 Å². The number of nitrogens with one attached hydrogen (secondary N) is 1. The molecule has 1 aromatic heterocycles. The van der Waals surface area contributed by atoms with E-state index in [4.69, 9.17) is 11.6 Å². The molecule has 0 spiro atoms. The number of benzene rings is 3. The lowest BCUT2D eigenvalue weighted by Crippen LogP contribution is -2.19.